The number of carbonyl (C=O) groups is 1. The first-order valence-electron chi connectivity index (χ1n) is 7.51. The second kappa shape index (κ2) is 7.10. The maximum Gasteiger partial charge on any atom is 0.340 e. The standard InChI is InChI=1S/C17H21FN2O3Si/c1-23-17(22)13-7-11(10-21)19-9-16(13)20-15-6-5-12(8-14(15)18)24(2,3)4/h5-9,20-21H,10H2,1-4H3. The average molecular weight is 348 g/mol. The van der Waals surface area contributed by atoms with Crippen LogP contribution in [0.2, 0.25) is 19.6 Å². The third-order valence-electron chi connectivity index (χ3n) is 3.63. The molecule has 0 aliphatic carbocycles. The summed E-state index contributed by atoms with van der Waals surface area (Å²) in [6.45, 7) is 6.12. The summed E-state index contributed by atoms with van der Waals surface area (Å²) < 4.78 is 19.1. The van der Waals surface area contributed by atoms with E-state index >= 15 is 0 Å². The summed E-state index contributed by atoms with van der Waals surface area (Å²) in [5.41, 5.74) is 1.08. The molecule has 0 fully saturated rings. The third kappa shape index (κ3) is 3.98. The molecule has 2 rings (SSSR count). The number of pyridine rings is 1. The zero-order valence-electron chi connectivity index (χ0n) is 14.2. The van der Waals surface area contributed by atoms with Gasteiger partial charge in [-0.2, -0.15) is 0 Å². The van der Waals surface area contributed by atoms with E-state index in [0.29, 0.717) is 11.4 Å². The van der Waals surface area contributed by atoms with Gasteiger partial charge in [-0.1, -0.05) is 30.9 Å². The quantitative estimate of drug-likeness (QED) is 0.642. The normalized spacial score (nSPS) is 11.2. The first kappa shape index (κ1) is 18.1. The Balaban J connectivity index is 2.39. The SMILES string of the molecule is COC(=O)c1cc(CO)ncc1Nc1ccc([Si](C)(C)C)cc1F. The molecule has 0 aliphatic heterocycles. The van der Waals surface area contributed by atoms with Crippen LogP contribution in [0.1, 0.15) is 16.1 Å². The fraction of sp³-hybridized carbons (Fsp3) is 0.294. The van der Waals surface area contributed by atoms with Gasteiger partial charge in [-0.3, -0.25) is 4.98 Å². The van der Waals surface area contributed by atoms with Gasteiger partial charge in [0.2, 0.25) is 0 Å². The second-order valence-electron chi connectivity index (χ2n) is 6.44. The van der Waals surface area contributed by atoms with Crippen molar-refractivity contribution < 1.29 is 19.0 Å². The Kier molecular flexibility index (Phi) is 5.35. The topological polar surface area (TPSA) is 71.5 Å². The minimum Gasteiger partial charge on any atom is -0.465 e. The second-order valence-corrected chi connectivity index (χ2v) is 11.5. The summed E-state index contributed by atoms with van der Waals surface area (Å²) in [6.07, 6.45) is 1.38. The Bertz CT molecular complexity index is 760. The lowest BCUT2D eigenvalue weighted by Crippen LogP contribution is -2.37. The molecule has 128 valence electrons. The molecular formula is C17H21FN2O3Si. The highest BCUT2D eigenvalue weighted by atomic mass is 28.3. The van der Waals surface area contributed by atoms with E-state index in [9.17, 15) is 9.18 Å². The molecule has 1 heterocycles. The molecule has 0 unspecified atom stereocenters. The van der Waals surface area contributed by atoms with Crippen molar-refractivity contribution in [1.82, 2.24) is 4.98 Å². The van der Waals surface area contributed by atoms with Crippen molar-refractivity contribution in [2.24, 2.45) is 0 Å². The number of nitrogens with zero attached hydrogens (tertiary/aromatic N) is 1. The van der Waals surface area contributed by atoms with Crippen LogP contribution in [0.4, 0.5) is 15.8 Å². The highest BCUT2D eigenvalue weighted by Crippen LogP contribution is 2.24. The maximum absolute atomic E-state index is 14.4. The molecule has 5 nitrogen and oxygen atoms in total. The number of carbonyl (C=O) groups excluding carboxylic acids is 1. The Morgan fingerprint density at radius 2 is 2.00 bits per heavy atom. The molecule has 0 spiro atoms. The molecule has 0 bridgehead atoms. The maximum atomic E-state index is 14.4. The van der Waals surface area contributed by atoms with Crippen molar-refractivity contribution in [2.45, 2.75) is 26.2 Å². The fourth-order valence-corrected chi connectivity index (χ4v) is 3.33. The number of esters is 1. The molecule has 0 saturated heterocycles. The third-order valence-corrected chi connectivity index (χ3v) is 5.68. The van der Waals surface area contributed by atoms with Crippen LogP contribution in [0.3, 0.4) is 0 Å². The van der Waals surface area contributed by atoms with Crippen LogP contribution in [0.5, 0.6) is 0 Å². The lowest BCUT2D eigenvalue weighted by Gasteiger charge is -2.18. The number of aliphatic hydroxyl groups is 1. The first-order chi connectivity index (χ1) is 11.3. The van der Waals surface area contributed by atoms with Crippen LogP contribution in [0.15, 0.2) is 30.5 Å². The largest absolute Gasteiger partial charge is 0.465 e. The summed E-state index contributed by atoms with van der Waals surface area (Å²) in [5, 5.41) is 13.0. The molecule has 2 N–H and O–H groups in total. The number of anilines is 2. The van der Waals surface area contributed by atoms with Gasteiger partial charge in [-0.05, 0) is 18.2 Å². The van der Waals surface area contributed by atoms with Crippen LogP contribution < -0.4 is 10.5 Å². The molecule has 1 aromatic carbocycles. The summed E-state index contributed by atoms with van der Waals surface area (Å²) in [7, 11) is -0.350. The zero-order chi connectivity index (χ0) is 17.9. The minimum atomic E-state index is -1.61. The average Bonchev–Trinajstić information content (AvgIpc) is 2.55. The van der Waals surface area contributed by atoms with Gasteiger partial charge < -0.3 is 15.2 Å². The van der Waals surface area contributed by atoms with Gasteiger partial charge in [0, 0.05) is 0 Å². The number of methoxy groups -OCH3 is 1. The van der Waals surface area contributed by atoms with E-state index in [4.69, 9.17) is 9.84 Å². The number of rotatable bonds is 5. The van der Waals surface area contributed by atoms with Gasteiger partial charge in [0.25, 0.3) is 0 Å². The number of ether oxygens (including phenoxy) is 1. The van der Waals surface area contributed by atoms with Crippen molar-refractivity contribution in [2.75, 3.05) is 12.4 Å². The summed E-state index contributed by atoms with van der Waals surface area (Å²) in [6, 6.07) is 6.50. The van der Waals surface area contributed by atoms with E-state index in [1.54, 1.807) is 6.07 Å². The van der Waals surface area contributed by atoms with E-state index < -0.39 is 19.9 Å². The summed E-state index contributed by atoms with van der Waals surface area (Å²) in [4.78, 5) is 15.9. The molecule has 7 heteroatoms. The highest BCUT2D eigenvalue weighted by Gasteiger charge is 2.19. The Morgan fingerprint density at radius 1 is 1.29 bits per heavy atom. The lowest BCUT2D eigenvalue weighted by atomic mass is 10.2. The van der Waals surface area contributed by atoms with Crippen LogP contribution in [-0.2, 0) is 11.3 Å². The molecule has 24 heavy (non-hydrogen) atoms. The van der Waals surface area contributed by atoms with Crippen molar-refractivity contribution in [1.29, 1.82) is 0 Å². The predicted octanol–water partition coefficient (Wildman–Crippen LogP) is 2.79. The van der Waals surface area contributed by atoms with Gasteiger partial charge in [0.1, 0.15) is 5.82 Å². The van der Waals surface area contributed by atoms with Crippen molar-refractivity contribution in [3.8, 4) is 0 Å². The number of benzene rings is 1. The van der Waals surface area contributed by atoms with E-state index in [2.05, 4.69) is 29.9 Å². The van der Waals surface area contributed by atoms with Crippen LogP contribution >= 0.6 is 0 Å². The molecular weight excluding hydrogens is 327 g/mol. The molecule has 0 aliphatic rings. The Morgan fingerprint density at radius 3 is 2.54 bits per heavy atom. The van der Waals surface area contributed by atoms with Gasteiger partial charge in [-0.25, -0.2) is 9.18 Å². The van der Waals surface area contributed by atoms with Crippen molar-refractivity contribution in [3.05, 3.63) is 47.5 Å². The summed E-state index contributed by atoms with van der Waals surface area (Å²) in [5.74, 6) is -0.981. The molecule has 1 aromatic heterocycles. The van der Waals surface area contributed by atoms with Gasteiger partial charge in [-0.15, -0.1) is 0 Å². The predicted molar refractivity (Wildman–Crippen MR) is 94.2 cm³/mol. The number of aromatic nitrogens is 1. The van der Waals surface area contributed by atoms with Crippen LogP contribution in [0, 0.1) is 5.82 Å². The lowest BCUT2D eigenvalue weighted by molar-refractivity contribution is 0.0601. The van der Waals surface area contributed by atoms with E-state index in [1.165, 1.54) is 25.4 Å². The fourth-order valence-electron chi connectivity index (χ4n) is 2.19. The van der Waals surface area contributed by atoms with Gasteiger partial charge in [0.15, 0.2) is 0 Å². The molecule has 0 saturated carbocycles. The number of hydrogen-bond acceptors (Lipinski definition) is 5. The Hall–Kier alpha value is -2.25. The number of halogens is 1. The highest BCUT2D eigenvalue weighted by molar-refractivity contribution is 6.88. The zero-order valence-corrected chi connectivity index (χ0v) is 15.2. The first-order valence-corrected chi connectivity index (χ1v) is 11.0. The molecule has 0 amide bonds. The number of aliphatic hydroxyl groups excluding tert-OH is 1. The summed E-state index contributed by atoms with van der Waals surface area (Å²) >= 11 is 0. The monoisotopic (exact) mass is 348 g/mol. The van der Waals surface area contributed by atoms with Gasteiger partial charge in [0.05, 0.1) is 50.6 Å². The number of nitrogens with one attached hydrogen (secondary N) is 1. The molecule has 2 aromatic rings. The minimum absolute atomic E-state index is 0.185. The van der Waals surface area contributed by atoms with Crippen LogP contribution in [-0.4, -0.2) is 31.2 Å². The van der Waals surface area contributed by atoms with Gasteiger partial charge >= 0.3 is 5.97 Å². The molecule has 0 atom stereocenters. The van der Waals surface area contributed by atoms with Crippen molar-refractivity contribution in [3.63, 3.8) is 0 Å². The number of hydrogen-bond donors (Lipinski definition) is 2. The van der Waals surface area contributed by atoms with Crippen molar-refractivity contribution >= 4 is 30.6 Å². The Labute approximate surface area is 141 Å². The molecule has 0 radical (unpaired) electrons. The van der Waals surface area contributed by atoms with E-state index in [-0.39, 0.29) is 17.9 Å². The van der Waals surface area contributed by atoms with Crippen LogP contribution in [0.25, 0.3) is 0 Å². The van der Waals surface area contributed by atoms with E-state index in [0.717, 1.165) is 5.19 Å². The smallest absolute Gasteiger partial charge is 0.340 e. The van der Waals surface area contributed by atoms with E-state index in [1.807, 2.05) is 6.07 Å².